The minimum Gasteiger partial charge on any atom is -0.497 e. The van der Waals surface area contributed by atoms with Gasteiger partial charge in [0.25, 0.3) is 10.0 Å². The van der Waals surface area contributed by atoms with Crippen molar-refractivity contribution in [3.63, 3.8) is 0 Å². The largest absolute Gasteiger partial charge is 0.497 e. The third-order valence-corrected chi connectivity index (χ3v) is 7.18. The molecular weight excluding hydrogens is 452 g/mol. The van der Waals surface area contributed by atoms with Crippen LogP contribution in [0.15, 0.2) is 77.7 Å². The highest BCUT2D eigenvalue weighted by Gasteiger charge is 2.27. The quantitative estimate of drug-likeness (QED) is 0.418. The maximum absolute atomic E-state index is 13.4. The molecule has 0 aliphatic rings. The zero-order valence-corrected chi connectivity index (χ0v) is 20.5. The lowest BCUT2D eigenvalue weighted by atomic mass is 10.1. The smallest absolute Gasteiger partial charge is 0.264 e. The molecular formula is C26H30N2O5S. The summed E-state index contributed by atoms with van der Waals surface area (Å²) in [5, 5.41) is 2.84. The number of carbonyl (C=O) groups is 1. The fraction of sp³-hybridized carbons (Fsp3) is 0.269. The van der Waals surface area contributed by atoms with E-state index in [0.717, 1.165) is 27.6 Å². The second-order valence-electron chi connectivity index (χ2n) is 7.79. The Morgan fingerprint density at radius 1 is 0.912 bits per heavy atom. The lowest BCUT2D eigenvalue weighted by Crippen LogP contribution is -2.41. The van der Waals surface area contributed by atoms with Gasteiger partial charge in [0.05, 0.1) is 24.8 Å². The summed E-state index contributed by atoms with van der Waals surface area (Å²) in [5.41, 5.74) is 2.47. The lowest BCUT2D eigenvalue weighted by molar-refractivity contribution is -0.119. The normalized spacial score (nSPS) is 11.0. The fourth-order valence-electron chi connectivity index (χ4n) is 3.50. The monoisotopic (exact) mass is 482 g/mol. The average Bonchev–Trinajstić information content (AvgIpc) is 2.86. The summed E-state index contributed by atoms with van der Waals surface area (Å²) in [6.45, 7) is 2.01. The number of sulfonamides is 1. The number of nitrogens with zero attached hydrogens (tertiary/aromatic N) is 1. The van der Waals surface area contributed by atoms with Gasteiger partial charge >= 0.3 is 0 Å². The minimum absolute atomic E-state index is 0.0813. The van der Waals surface area contributed by atoms with Gasteiger partial charge in [-0.15, -0.1) is 0 Å². The molecule has 3 rings (SSSR count). The number of ether oxygens (including phenoxy) is 2. The van der Waals surface area contributed by atoms with E-state index in [2.05, 4.69) is 5.32 Å². The number of hydrogen-bond acceptors (Lipinski definition) is 5. The van der Waals surface area contributed by atoms with Crippen molar-refractivity contribution in [3.05, 3.63) is 83.9 Å². The van der Waals surface area contributed by atoms with Crippen LogP contribution >= 0.6 is 0 Å². The minimum atomic E-state index is -3.97. The molecule has 0 unspecified atom stereocenters. The molecule has 3 aromatic rings. The molecule has 1 amide bonds. The molecule has 0 saturated heterocycles. The Morgan fingerprint density at radius 2 is 1.59 bits per heavy atom. The Labute approximate surface area is 201 Å². The van der Waals surface area contributed by atoms with Gasteiger partial charge in [0.15, 0.2) is 0 Å². The van der Waals surface area contributed by atoms with E-state index in [-0.39, 0.29) is 17.3 Å². The molecule has 180 valence electrons. The van der Waals surface area contributed by atoms with E-state index in [9.17, 15) is 13.2 Å². The van der Waals surface area contributed by atoms with Crippen molar-refractivity contribution < 1.29 is 22.7 Å². The van der Waals surface area contributed by atoms with Crippen molar-refractivity contribution >= 4 is 21.6 Å². The van der Waals surface area contributed by atoms with Gasteiger partial charge in [0, 0.05) is 6.54 Å². The van der Waals surface area contributed by atoms with Crippen molar-refractivity contribution in [2.45, 2.75) is 24.7 Å². The van der Waals surface area contributed by atoms with E-state index in [4.69, 9.17) is 9.47 Å². The van der Waals surface area contributed by atoms with Crippen molar-refractivity contribution in [2.75, 3.05) is 31.6 Å². The van der Waals surface area contributed by atoms with Gasteiger partial charge in [-0.25, -0.2) is 8.42 Å². The molecule has 0 bridgehead atoms. The zero-order valence-electron chi connectivity index (χ0n) is 19.7. The van der Waals surface area contributed by atoms with E-state index < -0.39 is 10.0 Å². The van der Waals surface area contributed by atoms with Gasteiger partial charge in [-0.1, -0.05) is 35.9 Å². The summed E-state index contributed by atoms with van der Waals surface area (Å²) < 4.78 is 38.5. The van der Waals surface area contributed by atoms with Crippen LogP contribution < -0.4 is 19.1 Å². The molecule has 8 heteroatoms. The molecule has 0 aliphatic heterocycles. The second-order valence-corrected chi connectivity index (χ2v) is 9.65. The number of aryl methyl sites for hydroxylation is 2. The van der Waals surface area contributed by atoms with Gasteiger partial charge in [-0.05, 0) is 67.8 Å². The second kappa shape index (κ2) is 11.6. The Kier molecular flexibility index (Phi) is 8.54. The summed E-state index contributed by atoms with van der Waals surface area (Å²) in [6.07, 6.45) is 1.43. The van der Waals surface area contributed by atoms with E-state index in [0.29, 0.717) is 24.4 Å². The summed E-state index contributed by atoms with van der Waals surface area (Å²) in [6, 6.07) is 20.9. The maximum atomic E-state index is 13.4. The molecule has 0 aromatic heterocycles. The fourth-order valence-corrected chi connectivity index (χ4v) is 4.92. The van der Waals surface area contributed by atoms with Crippen LogP contribution in [0.2, 0.25) is 0 Å². The van der Waals surface area contributed by atoms with Crippen molar-refractivity contribution in [1.29, 1.82) is 0 Å². The summed E-state index contributed by atoms with van der Waals surface area (Å²) >= 11 is 0. The highest BCUT2D eigenvalue weighted by atomic mass is 32.2. The van der Waals surface area contributed by atoms with Gasteiger partial charge in [-0.2, -0.15) is 0 Å². The first kappa shape index (κ1) is 25.1. The number of methoxy groups -OCH3 is 2. The molecule has 0 fully saturated rings. The Hall–Kier alpha value is -3.52. The Bertz CT molecular complexity index is 1190. The first-order valence-corrected chi connectivity index (χ1v) is 12.4. The van der Waals surface area contributed by atoms with Crippen molar-refractivity contribution in [3.8, 4) is 11.5 Å². The number of nitrogens with one attached hydrogen (secondary N) is 1. The molecule has 0 saturated carbocycles. The molecule has 34 heavy (non-hydrogen) atoms. The van der Waals surface area contributed by atoms with E-state index >= 15 is 0 Å². The van der Waals surface area contributed by atoms with E-state index in [1.165, 1.54) is 19.2 Å². The third-order valence-electron chi connectivity index (χ3n) is 5.39. The van der Waals surface area contributed by atoms with Crippen LogP contribution in [0.25, 0.3) is 0 Å². The molecule has 0 radical (unpaired) electrons. The molecule has 7 nitrogen and oxygen atoms in total. The number of amides is 1. The van der Waals surface area contributed by atoms with Crippen LogP contribution in [0.4, 0.5) is 5.69 Å². The number of benzene rings is 3. The number of anilines is 1. The van der Waals surface area contributed by atoms with Gasteiger partial charge in [0.1, 0.15) is 18.0 Å². The molecule has 0 atom stereocenters. The number of hydrogen-bond donors (Lipinski definition) is 1. The first-order chi connectivity index (χ1) is 16.3. The van der Waals surface area contributed by atoms with E-state index in [1.807, 2.05) is 43.3 Å². The molecule has 0 heterocycles. The third kappa shape index (κ3) is 6.29. The van der Waals surface area contributed by atoms with Gasteiger partial charge in [-0.3, -0.25) is 9.10 Å². The maximum Gasteiger partial charge on any atom is 0.264 e. The zero-order chi connectivity index (χ0) is 24.6. The average molecular weight is 483 g/mol. The van der Waals surface area contributed by atoms with Crippen LogP contribution in [0.1, 0.15) is 17.5 Å². The first-order valence-electron chi connectivity index (χ1n) is 11.0. The highest BCUT2D eigenvalue weighted by Crippen LogP contribution is 2.25. The molecule has 3 aromatic carbocycles. The van der Waals surface area contributed by atoms with Crippen LogP contribution in [-0.4, -0.2) is 41.6 Å². The predicted molar refractivity (Wildman–Crippen MR) is 133 cm³/mol. The highest BCUT2D eigenvalue weighted by molar-refractivity contribution is 7.92. The summed E-state index contributed by atoms with van der Waals surface area (Å²) in [5.74, 6) is 0.983. The molecule has 0 spiro atoms. The van der Waals surface area contributed by atoms with Gasteiger partial charge in [0.2, 0.25) is 5.91 Å². The standard InChI is InChI=1S/C26H30N2O5S/c1-20-10-12-22(13-11-20)28(34(30,31)24-16-14-23(32-2)15-17-24)19-26(29)27-18-6-8-21-7-4-5-9-25(21)33-3/h4-5,7,9-17H,6,8,18-19H2,1-3H3,(H,27,29). The Balaban J connectivity index is 1.71. The topological polar surface area (TPSA) is 84.9 Å². The lowest BCUT2D eigenvalue weighted by Gasteiger charge is -2.24. The van der Waals surface area contributed by atoms with Crippen LogP contribution in [0, 0.1) is 6.92 Å². The number of rotatable bonds is 11. The molecule has 0 aliphatic carbocycles. The van der Waals surface area contributed by atoms with Crippen molar-refractivity contribution in [2.24, 2.45) is 0 Å². The Morgan fingerprint density at radius 3 is 2.24 bits per heavy atom. The van der Waals surface area contributed by atoms with Crippen LogP contribution in [-0.2, 0) is 21.2 Å². The van der Waals surface area contributed by atoms with Crippen molar-refractivity contribution in [1.82, 2.24) is 5.32 Å². The number of carbonyl (C=O) groups excluding carboxylic acids is 1. The van der Waals surface area contributed by atoms with E-state index in [1.54, 1.807) is 31.4 Å². The van der Waals surface area contributed by atoms with Crippen LogP contribution in [0.3, 0.4) is 0 Å². The summed E-state index contributed by atoms with van der Waals surface area (Å²) in [4.78, 5) is 12.8. The molecule has 1 N–H and O–H groups in total. The SMILES string of the molecule is COc1ccc(S(=O)(=O)N(CC(=O)NCCCc2ccccc2OC)c2ccc(C)cc2)cc1. The number of para-hydroxylation sites is 1. The summed E-state index contributed by atoms with van der Waals surface area (Å²) in [7, 11) is -0.826. The van der Waals surface area contributed by atoms with Gasteiger partial charge < -0.3 is 14.8 Å². The van der Waals surface area contributed by atoms with Crippen LogP contribution in [0.5, 0.6) is 11.5 Å². The predicted octanol–water partition coefficient (Wildman–Crippen LogP) is 3.96.